The summed E-state index contributed by atoms with van der Waals surface area (Å²) in [5.74, 6) is -0.744. The van der Waals surface area contributed by atoms with E-state index in [9.17, 15) is 9.59 Å². The predicted octanol–water partition coefficient (Wildman–Crippen LogP) is 3.78. The molecule has 0 radical (unpaired) electrons. The van der Waals surface area contributed by atoms with Gasteiger partial charge in [0.2, 0.25) is 0 Å². The fraction of sp³-hybridized carbons (Fsp3) is 0.238. The molecule has 0 bridgehead atoms. The average Bonchev–Trinajstić information content (AvgIpc) is 2.98. The molecule has 0 unspecified atom stereocenters. The van der Waals surface area contributed by atoms with E-state index in [2.05, 4.69) is 0 Å². The molecule has 0 atom stereocenters. The van der Waals surface area contributed by atoms with Crippen LogP contribution in [0.1, 0.15) is 24.2 Å². The van der Waals surface area contributed by atoms with Crippen LogP contribution in [0.15, 0.2) is 60.8 Å². The van der Waals surface area contributed by atoms with Crippen molar-refractivity contribution in [3.8, 4) is 0 Å². The Kier molecular flexibility index (Phi) is 5.07. The Morgan fingerprint density at radius 3 is 2.38 bits per heavy atom. The zero-order valence-corrected chi connectivity index (χ0v) is 15.2. The van der Waals surface area contributed by atoms with Crippen molar-refractivity contribution >= 4 is 28.5 Å². The summed E-state index contributed by atoms with van der Waals surface area (Å²) in [6.07, 6.45) is 1.73. The molecule has 2 aromatic carbocycles. The topological polar surface area (TPSA) is 51.5 Å². The average molecular weight is 350 g/mol. The molecular formula is C21H22N2O3. The van der Waals surface area contributed by atoms with E-state index in [4.69, 9.17) is 4.74 Å². The van der Waals surface area contributed by atoms with Gasteiger partial charge in [-0.05, 0) is 32.0 Å². The number of nitrogens with zero attached hydrogens (tertiary/aromatic N) is 2. The molecule has 3 rings (SSSR count). The van der Waals surface area contributed by atoms with Crippen LogP contribution < -0.4 is 4.90 Å². The maximum absolute atomic E-state index is 12.6. The normalized spacial score (nSPS) is 10.9. The highest BCUT2D eigenvalue weighted by molar-refractivity contribution is 6.05. The fourth-order valence-electron chi connectivity index (χ4n) is 3.10. The number of aromatic nitrogens is 1. The van der Waals surface area contributed by atoms with E-state index in [0.717, 1.165) is 16.6 Å². The van der Waals surface area contributed by atoms with E-state index in [0.29, 0.717) is 5.56 Å². The molecule has 0 aliphatic carbocycles. The molecule has 0 saturated carbocycles. The van der Waals surface area contributed by atoms with Crippen LogP contribution in [0.3, 0.4) is 0 Å². The summed E-state index contributed by atoms with van der Waals surface area (Å²) >= 11 is 0. The number of carbonyl (C=O) groups is 2. The van der Waals surface area contributed by atoms with Crippen LogP contribution in [0.4, 0.5) is 5.69 Å². The van der Waals surface area contributed by atoms with Gasteiger partial charge in [-0.2, -0.15) is 0 Å². The number of hydrogen-bond acceptors (Lipinski definition) is 3. The summed E-state index contributed by atoms with van der Waals surface area (Å²) in [6.45, 7) is 3.56. The van der Waals surface area contributed by atoms with Crippen LogP contribution in [-0.4, -0.2) is 29.1 Å². The van der Waals surface area contributed by atoms with Crippen molar-refractivity contribution in [2.75, 3.05) is 11.5 Å². The van der Waals surface area contributed by atoms with Gasteiger partial charge in [-0.15, -0.1) is 0 Å². The summed E-state index contributed by atoms with van der Waals surface area (Å²) in [4.78, 5) is 26.8. The van der Waals surface area contributed by atoms with E-state index in [-0.39, 0.29) is 18.6 Å². The van der Waals surface area contributed by atoms with Gasteiger partial charge in [-0.3, -0.25) is 4.79 Å². The van der Waals surface area contributed by atoms with E-state index >= 15 is 0 Å². The monoisotopic (exact) mass is 350 g/mol. The molecule has 3 aromatic rings. The van der Waals surface area contributed by atoms with E-state index in [1.54, 1.807) is 11.1 Å². The maximum Gasteiger partial charge on any atom is 0.340 e. The SMILES string of the molecule is CC(C)N(C(=O)COC(=O)c1cn(C)c2ccccc12)c1ccccc1. The highest BCUT2D eigenvalue weighted by atomic mass is 16.5. The molecule has 0 spiro atoms. The Labute approximate surface area is 152 Å². The Balaban J connectivity index is 1.75. The van der Waals surface area contributed by atoms with Gasteiger partial charge in [0.05, 0.1) is 5.56 Å². The van der Waals surface area contributed by atoms with E-state index in [1.165, 1.54) is 0 Å². The number of benzene rings is 2. The first kappa shape index (κ1) is 17.7. The number of rotatable bonds is 5. The quantitative estimate of drug-likeness (QED) is 0.658. The minimum atomic E-state index is -0.494. The first-order valence-electron chi connectivity index (χ1n) is 8.57. The number of esters is 1. The summed E-state index contributed by atoms with van der Waals surface area (Å²) in [7, 11) is 1.88. The Morgan fingerprint density at radius 2 is 1.69 bits per heavy atom. The smallest absolute Gasteiger partial charge is 0.340 e. The fourth-order valence-corrected chi connectivity index (χ4v) is 3.10. The lowest BCUT2D eigenvalue weighted by Crippen LogP contribution is -2.39. The number of amides is 1. The molecule has 0 saturated heterocycles. The van der Waals surface area contributed by atoms with Crippen molar-refractivity contribution in [1.82, 2.24) is 4.57 Å². The number of hydrogen-bond donors (Lipinski definition) is 0. The number of fused-ring (bicyclic) bond motifs is 1. The number of carbonyl (C=O) groups excluding carboxylic acids is 2. The molecule has 0 fully saturated rings. The summed E-state index contributed by atoms with van der Waals surface area (Å²) in [5.41, 5.74) is 2.19. The molecule has 0 aliphatic heterocycles. The molecular weight excluding hydrogens is 328 g/mol. The van der Waals surface area contributed by atoms with Crippen molar-refractivity contribution < 1.29 is 14.3 Å². The first-order chi connectivity index (χ1) is 12.5. The molecule has 5 nitrogen and oxygen atoms in total. The molecule has 0 aliphatic rings. The molecule has 1 amide bonds. The third-order valence-corrected chi connectivity index (χ3v) is 4.26. The molecule has 0 N–H and O–H groups in total. The predicted molar refractivity (Wildman–Crippen MR) is 102 cm³/mol. The highest BCUT2D eigenvalue weighted by Gasteiger charge is 2.22. The van der Waals surface area contributed by atoms with Crippen molar-refractivity contribution in [1.29, 1.82) is 0 Å². The summed E-state index contributed by atoms with van der Waals surface area (Å²) < 4.78 is 7.19. The lowest BCUT2D eigenvalue weighted by atomic mass is 10.2. The van der Waals surface area contributed by atoms with Gasteiger partial charge in [-0.1, -0.05) is 36.4 Å². The zero-order valence-electron chi connectivity index (χ0n) is 15.2. The molecule has 134 valence electrons. The lowest BCUT2D eigenvalue weighted by molar-refractivity contribution is -0.122. The number of aryl methyl sites for hydroxylation is 1. The zero-order chi connectivity index (χ0) is 18.7. The molecule has 1 aromatic heterocycles. The Hall–Kier alpha value is -3.08. The van der Waals surface area contributed by atoms with Crippen molar-refractivity contribution in [2.24, 2.45) is 7.05 Å². The van der Waals surface area contributed by atoms with Gasteiger partial charge < -0.3 is 14.2 Å². The third kappa shape index (κ3) is 3.47. The van der Waals surface area contributed by atoms with E-state index in [1.807, 2.05) is 80.1 Å². The molecule has 1 heterocycles. The Morgan fingerprint density at radius 1 is 1.04 bits per heavy atom. The minimum absolute atomic E-state index is 0.0406. The van der Waals surface area contributed by atoms with Gasteiger partial charge in [0, 0.05) is 35.9 Å². The number of para-hydroxylation sites is 2. The second-order valence-corrected chi connectivity index (χ2v) is 6.44. The van der Waals surface area contributed by atoms with Crippen LogP contribution in [0.2, 0.25) is 0 Å². The van der Waals surface area contributed by atoms with Crippen molar-refractivity contribution in [3.05, 3.63) is 66.4 Å². The van der Waals surface area contributed by atoms with Crippen LogP contribution >= 0.6 is 0 Å². The van der Waals surface area contributed by atoms with E-state index < -0.39 is 5.97 Å². The lowest BCUT2D eigenvalue weighted by Gasteiger charge is -2.26. The van der Waals surface area contributed by atoms with Crippen molar-refractivity contribution in [2.45, 2.75) is 19.9 Å². The molecule has 26 heavy (non-hydrogen) atoms. The standard InChI is InChI=1S/C21H22N2O3/c1-15(2)23(16-9-5-4-6-10-16)20(24)14-26-21(25)18-13-22(3)19-12-8-7-11-17(18)19/h4-13,15H,14H2,1-3H3. The highest BCUT2D eigenvalue weighted by Crippen LogP contribution is 2.21. The van der Waals surface area contributed by atoms with Crippen LogP contribution in [0.25, 0.3) is 10.9 Å². The van der Waals surface area contributed by atoms with Crippen LogP contribution in [0.5, 0.6) is 0 Å². The second-order valence-electron chi connectivity index (χ2n) is 6.44. The summed E-state index contributed by atoms with van der Waals surface area (Å²) in [5, 5.41) is 0.816. The Bertz CT molecular complexity index is 929. The minimum Gasteiger partial charge on any atom is -0.452 e. The largest absolute Gasteiger partial charge is 0.452 e. The first-order valence-corrected chi connectivity index (χ1v) is 8.57. The molecule has 5 heteroatoms. The number of anilines is 1. The third-order valence-electron chi connectivity index (χ3n) is 4.26. The van der Waals surface area contributed by atoms with Crippen molar-refractivity contribution in [3.63, 3.8) is 0 Å². The second kappa shape index (κ2) is 7.44. The van der Waals surface area contributed by atoms with Gasteiger partial charge in [0.15, 0.2) is 6.61 Å². The van der Waals surface area contributed by atoms with Gasteiger partial charge in [0.1, 0.15) is 0 Å². The van der Waals surface area contributed by atoms with Gasteiger partial charge >= 0.3 is 5.97 Å². The maximum atomic E-state index is 12.6. The van der Waals surface area contributed by atoms with Crippen LogP contribution in [0, 0.1) is 0 Å². The number of ether oxygens (including phenoxy) is 1. The van der Waals surface area contributed by atoms with Crippen LogP contribution in [-0.2, 0) is 16.6 Å². The van der Waals surface area contributed by atoms with Gasteiger partial charge in [0.25, 0.3) is 5.91 Å². The van der Waals surface area contributed by atoms with Gasteiger partial charge in [-0.25, -0.2) is 4.79 Å². The summed E-state index contributed by atoms with van der Waals surface area (Å²) in [6, 6.07) is 16.9.